The summed E-state index contributed by atoms with van der Waals surface area (Å²) in [7, 11) is 0. The van der Waals surface area contributed by atoms with Crippen LogP contribution in [0.15, 0.2) is 36.4 Å². The predicted octanol–water partition coefficient (Wildman–Crippen LogP) is 8.19. The second-order valence-corrected chi connectivity index (χ2v) is 8.13. The Balaban J connectivity index is 2.44. The van der Waals surface area contributed by atoms with Gasteiger partial charge in [0.1, 0.15) is 0 Å². The maximum Gasteiger partial charge on any atom is 0.158 e. The highest BCUT2D eigenvalue weighted by atomic mass is 35.5. The lowest BCUT2D eigenvalue weighted by atomic mass is 10.1. The second kappa shape index (κ2) is 8.15. The van der Waals surface area contributed by atoms with Crippen LogP contribution in [0.25, 0.3) is 0 Å². The van der Waals surface area contributed by atoms with Crippen LogP contribution in [0, 0.1) is 0 Å². The zero-order valence-electron chi connectivity index (χ0n) is 13.5. The van der Waals surface area contributed by atoms with Crippen molar-refractivity contribution in [1.82, 2.24) is 0 Å². The van der Waals surface area contributed by atoms with Crippen LogP contribution < -0.4 is 4.90 Å². The summed E-state index contributed by atoms with van der Waals surface area (Å²) in [5.41, 5.74) is 0.0410. The molecular weight excluding hydrogens is 491 g/mol. The molecule has 3 aromatic rings. The third-order valence-electron chi connectivity index (χ3n) is 3.75. The zero-order chi connectivity index (χ0) is 20.7. The SMILES string of the molecule is Oc1c(Cl)cc(Cl)cc1N(c1cc(Cl)cc(Cl)c1O)c1cc(Cl)cc(Cl)c1O. The van der Waals surface area contributed by atoms with Gasteiger partial charge >= 0.3 is 0 Å². The molecule has 0 aromatic heterocycles. The van der Waals surface area contributed by atoms with Crippen LogP contribution in [-0.4, -0.2) is 15.3 Å². The molecule has 0 saturated heterocycles. The van der Waals surface area contributed by atoms with E-state index in [2.05, 4.69) is 0 Å². The Morgan fingerprint density at radius 1 is 0.464 bits per heavy atom. The monoisotopic (exact) mass is 497 g/mol. The van der Waals surface area contributed by atoms with Gasteiger partial charge in [0.15, 0.2) is 17.2 Å². The van der Waals surface area contributed by atoms with Gasteiger partial charge in [-0.3, -0.25) is 4.90 Å². The van der Waals surface area contributed by atoms with Gasteiger partial charge in [0.05, 0.1) is 32.1 Å². The molecule has 0 aliphatic carbocycles. The lowest BCUT2D eigenvalue weighted by Crippen LogP contribution is -2.11. The normalized spacial score (nSPS) is 10.9. The summed E-state index contributed by atoms with van der Waals surface area (Å²) in [5, 5.41) is 32.0. The summed E-state index contributed by atoms with van der Waals surface area (Å²) < 4.78 is 0. The number of hydrogen-bond acceptors (Lipinski definition) is 4. The Labute approximate surface area is 190 Å². The van der Waals surface area contributed by atoms with Crippen LogP contribution in [0.4, 0.5) is 17.1 Å². The van der Waals surface area contributed by atoms with Crippen molar-refractivity contribution in [3.8, 4) is 17.2 Å². The Bertz CT molecular complexity index is 953. The number of anilines is 3. The summed E-state index contributed by atoms with van der Waals surface area (Å²) in [6, 6.07) is 8.09. The van der Waals surface area contributed by atoms with Crippen molar-refractivity contribution in [2.75, 3.05) is 4.90 Å². The lowest BCUT2D eigenvalue weighted by Gasteiger charge is -2.28. The first-order valence-corrected chi connectivity index (χ1v) is 9.71. The molecule has 3 N–H and O–H groups in total. The number of halogens is 6. The molecule has 4 nitrogen and oxygen atoms in total. The molecule has 0 radical (unpaired) electrons. The fourth-order valence-electron chi connectivity index (χ4n) is 2.56. The molecule has 0 heterocycles. The molecule has 146 valence electrons. The molecular formula is C18H9Cl6NO3. The second-order valence-electron chi connectivity index (χ2n) is 5.60. The van der Waals surface area contributed by atoms with E-state index in [1.807, 2.05) is 0 Å². The number of phenols is 3. The van der Waals surface area contributed by atoms with Crippen molar-refractivity contribution in [3.63, 3.8) is 0 Å². The van der Waals surface area contributed by atoms with Crippen molar-refractivity contribution < 1.29 is 15.3 Å². The number of phenolic OH excluding ortho intramolecular Hbond substituents is 3. The van der Waals surface area contributed by atoms with Gasteiger partial charge in [-0.1, -0.05) is 69.6 Å². The van der Waals surface area contributed by atoms with E-state index >= 15 is 0 Å². The third-order valence-corrected chi connectivity index (χ3v) is 5.27. The topological polar surface area (TPSA) is 63.9 Å². The first-order chi connectivity index (χ1) is 13.1. The predicted molar refractivity (Wildman–Crippen MR) is 116 cm³/mol. The largest absolute Gasteiger partial charge is 0.504 e. The van der Waals surface area contributed by atoms with E-state index in [0.29, 0.717) is 0 Å². The van der Waals surface area contributed by atoms with E-state index in [-0.39, 0.29) is 64.4 Å². The maximum atomic E-state index is 10.5. The van der Waals surface area contributed by atoms with Gasteiger partial charge in [-0.05, 0) is 36.4 Å². The molecule has 3 rings (SSSR count). The van der Waals surface area contributed by atoms with Gasteiger partial charge in [0.25, 0.3) is 0 Å². The molecule has 0 amide bonds. The summed E-state index contributed by atoms with van der Waals surface area (Å²) in [5.74, 6) is -1.13. The van der Waals surface area contributed by atoms with Crippen LogP contribution in [0.5, 0.6) is 17.2 Å². The van der Waals surface area contributed by atoms with Gasteiger partial charge in [-0.25, -0.2) is 0 Å². The fraction of sp³-hybridized carbons (Fsp3) is 0. The van der Waals surface area contributed by atoms with Crippen LogP contribution in [0.3, 0.4) is 0 Å². The van der Waals surface area contributed by atoms with E-state index in [9.17, 15) is 15.3 Å². The average molecular weight is 500 g/mol. The van der Waals surface area contributed by atoms with E-state index in [1.165, 1.54) is 41.3 Å². The highest BCUT2D eigenvalue weighted by Gasteiger charge is 2.26. The minimum Gasteiger partial charge on any atom is -0.504 e. The maximum absolute atomic E-state index is 10.5. The Morgan fingerprint density at radius 3 is 0.964 bits per heavy atom. The van der Waals surface area contributed by atoms with E-state index in [4.69, 9.17) is 69.6 Å². The van der Waals surface area contributed by atoms with Gasteiger partial charge in [0, 0.05) is 15.1 Å². The van der Waals surface area contributed by atoms with Crippen molar-refractivity contribution in [3.05, 3.63) is 66.5 Å². The third kappa shape index (κ3) is 3.99. The molecule has 0 unspecified atom stereocenters. The average Bonchev–Trinajstić information content (AvgIpc) is 2.60. The molecule has 28 heavy (non-hydrogen) atoms. The van der Waals surface area contributed by atoms with Crippen LogP contribution in [0.1, 0.15) is 0 Å². The Morgan fingerprint density at radius 2 is 0.714 bits per heavy atom. The molecule has 3 aromatic carbocycles. The van der Waals surface area contributed by atoms with E-state index in [1.54, 1.807) is 0 Å². The van der Waals surface area contributed by atoms with Gasteiger partial charge in [0.2, 0.25) is 0 Å². The minimum atomic E-state index is -0.378. The van der Waals surface area contributed by atoms with Crippen molar-refractivity contribution in [2.24, 2.45) is 0 Å². The first kappa shape index (κ1) is 21.3. The number of aromatic hydroxyl groups is 3. The Kier molecular flexibility index (Phi) is 6.20. The number of benzene rings is 3. The Hall–Kier alpha value is -1.40. The van der Waals surface area contributed by atoms with Crippen molar-refractivity contribution >= 4 is 86.7 Å². The van der Waals surface area contributed by atoms with Crippen molar-refractivity contribution in [1.29, 1.82) is 0 Å². The molecule has 0 spiro atoms. The van der Waals surface area contributed by atoms with Crippen molar-refractivity contribution in [2.45, 2.75) is 0 Å². The van der Waals surface area contributed by atoms with E-state index in [0.717, 1.165) is 0 Å². The van der Waals surface area contributed by atoms with Crippen LogP contribution >= 0.6 is 69.6 Å². The summed E-state index contributed by atoms with van der Waals surface area (Å²) in [6.07, 6.45) is 0. The first-order valence-electron chi connectivity index (χ1n) is 7.44. The number of rotatable bonds is 3. The molecule has 0 aliphatic rings. The van der Waals surface area contributed by atoms with E-state index < -0.39 is 0 Å². The summed E-state index contributed by atoms with van der Waals surface area (Å²) in [6.45, 7) is 0. The molecule has 10 heteroatoms. The standard InChI is InChI=1S/C18H9Cl6NO3/c19-7-1-10(22)16(26)13(4-7)25(14-5-8(20)2-11(23)17(14)27)15-6-9(21)3-12(24)18(15)28/h1-6,26-28H. The van der Waals surface area contributed by atoms with Gasteiger partial charge < -0.3 is 15.3 Å². The van der Waals surface area contributed by atoms with Crippen LogP contribution in [-0.2, 0) is 0 Å². The molecule has 0 atom stereocenters. The molecule has 0 aliphatic heterocycles. The highest BCUT2D eigenvalue weighted by Crippen LogP contribution is 2.52. The number of nitrogens with zero attached hydrogens (tertiary/aromatic N) is 1. The summed E-state index contributed by atoms with van der Waals surface area (Å²) >= 11 is 36.4. The fourth-order valence-corrected chi connectivity index (χ4v) is 4.01. The molecule has 0 saturated carbocycles. The van der Waals surface area contributed by atoms with Gasteiger partial charge in [-0.2, -0.15) is 0 Å². The van der Waals surface area contributed by atoms with Gasteiger partial charge in [-0.15, -0.1) is 0 Å². The zero-order valence-corrected chi connectivity index (χ0v) is 18.1. The lowest BCUT2D eigenvalue weighted by molar-refractivity contribution is 0.469. The quantitative estimate of drug-likeness (QED) is 0.340. The smallest absolute Gasteiger partial charge is 0.158 e. The minimum absolute atomic E-state index is 0.0137. The number of hydrogen-bond donors (Lipinski definition) is 3. The molecule has 0 bridgehead atoms. The highest BCUT2D eigenvalue weighted by molar-refractivity contribution is 6.38. The summed E-state index contributed by atoms with van der Waals surface area (Å²) in [4.78, 5) is 1.23. The molecule has 0 fully saturated rings. The van der Waals surface area contributed by atoms with Crippen LogP contribution in [0.2, 0.25) is 30.1 Å².